The SMILES string of the molecule is CCC(C)NC(=NC)NCC(C)Cn1nc(C)cc1C. The molecule has 2 N–H and O–H groups in total. The van der Waals surface area contributed by atoms with E-state index < -0.39 is 0 Å². The Morgan fingerprint density at radius 2 is 2.10 bits per heavy atom. The Morgan fingerprint density at radius 1 is 1.40 bits per heavy atom. The van der Waals surface area contributed by atoms with Crippen molar-refractivity contribution in [1.82, 2.24) is 20.4 Å². The maximum Gasteiger partial charge on any atom is 0.191 e. The first-order chi connectivity index (χ1) is 9.46. The van der Waals surface area contributed by atoms with Gasteiger partial charge in [0.05, 0.1) is 5.69 Å². The Balaban J connectivity index is 2.42. The van der Waals surface area contributed by atoms with Gasteiger partial charge >= 0.3 is 0 Å². The van der Waals surface area contributed by atoms with E-state index in [0.717, 1.165) is 31.2 Å². The van der Waals surface area contributed by atoms with E-state index in [1.54, 1.807) is 0 Å². The van der Waals surface area contributed by atoms with E-state index in [1.807, 2.05) is 14.0 Å². The summed E-state index contributed by atoms with van der Waals surface area (Å²) in [6, 6.07) is 2.55. The fourth-order valence-corrected chi connectivity index (χ4v) is 2.02. The Kier molecular flexibility index (Phi) is 6.55. The first-order valence-electron chi connectivity index (χ1n) is 7.44. The molecule has 0 aliphatic rings. The number of aryl methyl sites for hydroxylation is 2. The summed E-state index contributed by atoms with van der Waals surface area (Å²) in [4.78, 5) is 4.25. The Bertz CT molecular complexity index is 435. The van der Waals surface area contributed by atoms with Crippen LogP contribution in [-0.4, -0.2) is 35.4 Å². The van der Waals surface area contributed by atoms with Crippen molar-refractivity contribution >= 4 is 5.96 Å². The molecule has 0 aromatic carbocycles. The lowest BCUT2D eigenvalue weighted by Gasteiger charge is -2.19. The number of aliphatic imine (C=N–C) groups is 1. The van der Waals surface area contributed by atoms with Gasteiger partial charge in [0.25, 0.3) is 0 Å². The molecule has 0 amide bonds. The average molecular weight is 279 g/mol. The van der Waals surface area contributed by atoms with Crippen LogP contribution in [0.4, 0.5) is 0 Å². The lowest BCUT2D eigenvalue weighted by Crippen LogP contribution is -2.43. The largest absolute Gasteiger partial charge is 0.356 e. The predicted octanol–water partition coefficient (Wildman–Crippen LogP) is 2.10. The summed E-state index contributed by atoms with van der Waals surface area (Å²) in [7, 11) is 1.81. The van der Waals surface area contributed by atoms with E-state index in [-0.39, 0.29) is 0 Å². The summed E-state index contributed by atoms with van der Waals surface area (Å²) in [6.07, 6.45) is 1.09. The quantitative estimate of drug-likeness (QED) is 0.619. The van der Waals surface area contributed by atoms with E-state index in [0.29, 0.717) is 12.0 Å². The van der Waals surface area contributed by atoms with Gasteiger partial charge in [-0.2, -0.15) is 5.10 Å². The molecule has 0 saturated carbocycles. The molecule has 5 heteroatoms. The molecule has 20 heavy (non-hydrogen) atoms. The summed E-state index contributed by atoms with van der Waals surface area (Å²) in [5.74, 6) is 1.36. The second-order valence-corrected chi connectivity index (χ2v) is 5.62. The molecule has 0 spiro atoms. The van der Waals surface area contributed by atoms with Crippen LogP contribution in [0.1, 0.15) is 38.6 Å². The van der Waals surface area contributed by atoms with Gasteiger partial charge in [0.1, 0.15) is 0 Å². The number of nitrogens with zero attached hydrogens (tertiary/aromatic N) is 3. The van der Waals surface area contributed by atoms with Gasteiger partial charge in [-0.3, -0.25) is 9.67 Å². The van der Waals surface area contributed by atoms with E-state index in [2.05, 4.69) is 59.2 Å². The molecule has 0 radical (unpaired) electrons. The summed E-state index contributed by atoms with van der Waals surface area (Å²) in [5, 5.41) is 11.2. The van der Waals surface area contributed by atoms with Crippen molar-refractivity contribution in [2.75, 3.05) is 13.6 Å². The third-order valence-corrected chi connectivity index (χ3v) is 3.43. The zero-order valence-electron chi connectivity index (χ0n) is 13.7. The normalized spacial score (nSPS) is 15.0. The molecule has 1 aromatic heterocycles. The zero-order chi connectivity index (χ0) is 15.1. The van der Waals surface area contributed by atoms with Crippen LogP contribution in [0, 0.1) is 19.8 Å². The van der Waals surface area contributed by atoms with Crippen LogP contribution in [0.5, 0.6) is 0 Å². The highest BCUT2D eigenvalue weighted by Crippen LogP contribution is 2.05. The molecule has 0 bridgehead atoms. The molecule has 0 saturated heterocycles. The lowest BCUT2D eigenvalue weighted by atomic mass is 10.2. The molecule has 0 aliphatic carbocycles. The monoisotopic (exact) mass is 279 g/mol. The molecule has 0 fully saturated rings. The summed E-state index contributed by atoms with van der Waals surface area (Å²) in [5.41, 5.74) is 2.30. The minimum absolute atomic E-state index is 0.438. The fraction of sp³-hybridized carbons (Fsp3) is 0.733. The minimum atomic E-state index is 0.438. The molecule has 0 aliphatic heterocycles. The molecular formula is C15H29N5. The third kappa shape index (κ3) is 5.23. The van der Waals surface area contributed by atoms with Crippen LogP contribution in [0.15, 0.2) is 11.1 Å². The van der Waals surface area contributed by atoms with Gasteiger partial charge < -0.3 is 10.6 Å². The number of nitrogens with one attached hydrogen (secondary N) is 2. The summed E-state index contributed by atoms with van der Waals surface area (Å²) < 4.78 is 2.08. The van der Waals surface area contributed by atoms with E-state index in [4.69, 9.17) is 0 Å². The summed E-state index contributed by atoms with van der Waals surface area (Å²) >= 11 is 0. The van der Waals surface area contributed by atoms with Gasteiger partial charge in [0.15, 0.2) is 5.96 Å². The van der Waals surface area contributed by atoms with E-state index in [1.165, 1.54) is 5.69 Å². The topological polar surface area (TPSA) is 54.2 Å². The summed E-state index contributed by atoms with van der Waals surface area (Å²) in [6.45, 7) is 12.5. The van der Waals surface area contributed by atoms with Gasteiger partial charge in [-0.05, 0) is 39.2 Å². The van der Waals surface area contributed by atoms with Crippen LogP contribution in [0.3, 0.4) is 0 Å². The number of hydrogen-bond donors (Lipinski definition) is 2. The molecule has 2 atom stereocenters. The first-order valence-corrected chi connectivity index (χ1v) is 7.44. The predicted molar refractivity (Wildman–Crippen MR) is 85.1 cm³/mol. The van der Waals surface area contributed by atoms with Crippen LogP contribution in [0.25, 0.3) is 0 Å². The van der Waals surface area contributed by atoms with Crippen LogP contribution >= 0.6 is 0 Å². The molecular weight excluding hydrogens is 250 g/mol. The van der Waals surface area contributed by atoms with E-state index >= 15 is 0 Å². The van der Waals surface area contributed by atoms with Gasteiger partial charge in [-0.1, -0.05) is 13.8 Å². The Labute approximate surface area is 122 Å². The maximum absolute atomic E-state index is 4.50. The second kappa shape index (κ2) is 7.92. The molecule has 2 unspecified atom stereocenters. The Hall–Kier alpha value is -1.52. The molecule has 5 nitrogen and oxygen atoms in total. The van der Waals surface area contributed by atoms with Crippen LogP contribution < -0.4 is 10.6 Å². The van der Waals surface area contributed by atoms with Gasteiger partial charge in [0, 0.05) is 31.9 Å². The smallest absolute Gasteiger partial charge is 0.191 e. The van der Waals surface area contributed by atoms with Crippen LogP contribution in [0.2, 0.25) is 0 Å². The van der Waals surface area contributed by atoms with E-state index in [9.17, 15) is 0 Å². The number of rotatable bonds is 6. The zero-order valence-corrected chi connectivity index (χ0v) is 13.7. The Morgan fingerprint density at radius 3 is 2.60 bits per heavy atom. The highest BCUT2D eigenvalue weighted by atomic mass is 15.3. The highest BCUT2D eigenvalue weighted by Gasteiger charge is 2.09. The van der Waals surface area contributed by atoms with Gasteiger partial charge in [-0.15, -0.1) is 0 Å². The molecule has 1 heterocycles. The minimum Gasteiger partial charge on any atom is -0.356 e. The fourth-order valence-electron chi connectivity index (χ4n) is 2.02. The number of aromatic nitrogens is 2. The van der Waals surface area contributed by atoms with Crippen molar-refractivity contribution < 1.29 is 0 Å². The molecule has 1 aromatic rings. The number of hydrogen-bond acceptors (Lipinski definition) is 2. The van der Waals surface area contributed by atoms with Crippen molar-refractivity contribution in [2.24, 2.45) is 10.9 Å². The standard InChI is InChI=1S/C15H29N5/c1-7-12(3)18-15(16-6)17-9-11(2)10-20-14(5)8-13(4)19-20/h8,11-12H,7,9-10H2,1-6H3,(H2,16,17,18). The van der Waals surface area contributed by atoms with Crippen molar-refractivity contribution in [2.45, 2.75) is 53.6 Å². The van der Waals surface area contributed by atoms with Crippen molar-refractivity contribution in [3.8, 4) is 0 Å². The van der Waals surface area contributed by atoms with Crippen molar-refractivity contribution in [1.29, 1.82) is 0 Å². The van der Waals surface area contributed by atoms with Crippen molar-refractivity contribution in [3.05, 3.63) is 17.5 Å². The van der Waals surface area contributed by atoms with Gasteiger partial charge in [-0.25, -0.2) is 0 Å². The van der Waals surface area contributed by atoms with Gasteiger partial charge in [0.2, 0.25) is 0 Å². The third-order valence-electron chi connectivity index (χ3n) is 3.43. The average Bonchev–Trinajstić information content (AvgIpc) is 2.72. The molecule has 114 valence electrons. The van der Waals surface area contributed by atoms with Crippen molar-refractivity contribution in [3.63, 3.8) is 0 Å². The lowest BCUT2D eigenvalue weighted by molar-refractivity contribution is 0.434. The van der Waals surface area contributed by atoms with Crippen LogP contribution in [-0.2, 0) is 6.54 Å². The second-order valence-electron chi connectivity index (χ2n) is 5.62. The number of guanidine groups is 1. The maximum atomic E-state index is 4.50. The first kappa shape index (κ1) is 16.5. The molecule has 1 rings (SSSR count). The highest BCUT2D eigenvalue weighted by molar-refractivity contribution is 5.79.